The Labute approximate surface area is 172 Å². The first-order valence-electron chi connectivity index (χ1n) is 9.79. The zero-order chi connectivity index (χ0) is 20.4. The van der Waals surface area contributed by atoms with Crippen LogP contribution >= 0.6 is 11.8 Å². The molecule has 154 valence electrons. The molecule has 7 heteroatoms. The van der Waals surface area contributed by atoms with Crippen LogP contribution in [0.1, 0.15) is 16.7 Å². The van der Waals surface area contributed by atoms with Crippen LogP contribution in [-0.4, -0.2) is 36.5 Å². The van der Waals surface area contributed by atoms with Crippen molar-refractivity contribution in [3.05, 3.63) is 65.2 Å². The summed E-state index contributed by atoms with van der Waals surface area (Å²) in [5, 5.41) is 3.01. The Morgan fingerprint density at radius 2 is 1.97 bits per heavy atom. The number of anilines is 1. The van der Waals surface area contributed by atoms with Gasteiger partial charge < -0.3 is 10.2 Å². The van der Waals surface area contributed by atoms with Crippen LogP contribution in [0.15, 0.2) is 48.5 Å². The average molecular weight is 421 g/mol. The lowest BCUT2D eigenvalue weighted by Gasteiger charge is -2.45. The summed E-state index contributed by atoms with van der Waals surface area (Å²) in [7, 11) is 0. The van der Waals surface area contributed by atoms with E-state index in [2.05, 4.69) is 10.2 Å². The molecular weight excluding hydrogens is 397 g/mol. The number of carbonyl (C=O) groups excluding carboxylic acids is 1. The predicted molar refractivity (Wildman–Crippen MR) is 110 cm³/mol. The molecule has 0 bridgehead atoms. The monoisotopic (exact) mass is 420 g/mol. The summed E-state index contributed by atoms with van der Waals surface area (Å²) in [6.07, 6.45) is -3.30. The van der Waals surface area contributed by atoms with Crippen LogP contribution in [0, 0.1) is 5.92 Å². The van der Waals surface area contributed by atoms with Crippen LogP contribution in [0.2, 0.25) is 0 Å². The van der Waals surface area contributed by atoms with Gasteiger partial charge in [-0.05, 0) is 42.2 Å². The third-order valence-corrected chi connectivity index (χ3v) is 6.73. The SMILES string of the molecule is O=C(NCCc1ccccc1)[C@H]1Cc2cc(C(F)(F)F)ccc2N2CCSC[C@H]12. The first-order valence-corrected chi connectivity index (χ1v) is 10.9. The number of benzene rings is 2. The number of fused-ring (bicyclic) bond motifs is 3. The Bertz CT molecular complexity index is 872. The third-order valence-electron chi connectivity index (χ3n) is 5.68. The van der Waals surface area contributed by atoms with Crippen LogP contribution in [-0.2, 0) is 23.8 Å². The minimum atomic E-state index is -4.38. The van der Waals surface area contributed by atoms with E-state index < -0.39 is 11.7 Å². The van der Waals surface area contributed by atoms with E-state index in [1.807, 2.05) is 30.3 Å². The predicted octanol–water partition coefficient (Wildman–Crippen LogP) is 4.16. The first kappa shape index (κ1) is 20.1. The Hall–Kier alpha value is -2.15. The van der Waals surface area contributed by atoms with Crippen molar-refractivity contribution in [2.24, 2.45) is 5.92 Å². The minimum Gasteiger partial charge on any atom is -0.366 e. The lowest BCUT2D eigenvalue weighted by molar-refractivity contribution is -0.137. The highest BCUT2D eigenvalue weighted by atomic mass is 32.2. The van der Waals surface area contributed by atoms with Crippen molar-refractivity contribution >= 4 is 23.4 Å². The topological polar surface area (TPSA) is 32.3 Å². The van der Waals surface area contributed by atoms with Crippen LogP contribution in [0.25, 0.3) is 0 Å². The maximum atomic E-state index is 13.2. The van der Waals surface area contributed by atoms with Gasteiger partial charge in [0.15, 0.2) is 0 Å². The van der Waals surface area contributed by atoms with Gasteiger partial charge in [0.1, 0.15) is 0 Å². The Balaban J connectivity index is 1.51. The largest absolute Gasteiger partial charge is 0.416 e. The average Bonchev–Trinajstić information content (AvgIpc) is 2.72. The van der Waals surface area contributed by atoms with Crippen molar-refractivity contribution in [2.75, 3.05) is 29.5 Å². The lowest BCUT2D eigenvalue weighted by Crippen LogP contribution is -2.55. The van der Waals surface area contributed by atoms with Crippen molar-refractivity contribution in [2.45, 2.75) is 25.1 Å². The molecule has 2 aliphatic rings. The molecule has 0 unspecified atom stereocenters. The standard InChI is InChI=1S/C22H23F3N2OS/c23-22(24,25)17-6-7-19-16(12-17)13-18(20-14-29-11-10-27(19)20)21(28)26-9-8-15-4-2-1-3-5-15/h1-7,12,18,20H,8-11,13-14H2,(H,26,28)/t18-,20+/m0/s1. The van der Waals surface area contributed by atoms with E-state index in [1.165, 1.54) is 6.07 Å². The fraction of sp³-hybridized carbons (Fsp3) is 0.409. The van der Waals surface area contributed by atoms with Crippen LogP contribution in [0.5, 0.6) is 0 Å². The van der Waals surface area contributed by atoms with Gasteiger partial charge >= 0.3 is 6.18 Å². The fourth-order valence-electron chi connectivity index (χ4n) is 4.21. The van der Waals surface area contributed by atoms with Gasteiger partial charge in [0.05, 0.1) is 11.5 Å². The van der Waals surface area contributed by atoms with Gasteiger partial charge in [0.2, 0.25) is 5.91 Å². The number of hydrogen-bond donors (Lipinski definition) is 1. The summed E-state index contributed by atoms with van der Waals surface area (Å²) in [4.78, 5) is 15.1. The molecule has 1 amide bonds. The molecule has 0 aromatic heterocycles. The van der Waals surface area contributed by atoms with Gasteiger partial charge in [-0.15, -0.1) is 0 Å². The summed E-state index contributed by atoms with van der Waals surface area (Å²) in [5.41, 5.74) is 1.96. The van der Waals surface area contributed by atoms with Crippen LogP contribution in [0.3, 0.4) is 0 Å². The highest BCUT2D eigenvalue weighted by Crippen LogP contribution is 2.40. The molecule has 0 radical (unpaired) electrons. The second kappa shape index (κ2) is 8.30. The van der Waals surface area contributed by atoms with Gasteiger partial charge in [-0.2, -0.15) is 24.9 Å². The second-order valence-electron chi connectivity index (χ2n) is 7.51. The summed E-state index contributed by atoms with van der Waals surface area (Å²) < 4.78 is 39.5. The molecule has 0 saturated carbocycles. The molecule has 1 fully saturated rings. The number of hydrogen-bond acceptors (Lipinski definition) is 3. The maximum absolute atomic E-state index is 13.2. The molecule has 1 saturated heterocycles. The second-order valence-corrected chi connectivity index (χ2v) is 8.66. The number of carbonyl (C=O) groups is 1. The molecule has 0 aliphatic carbocycles. The van der Waals surface area contributed by atoms with Crippen molar-refractivity contribution in [1.29, 1.82) is 0 Å². The lowest BCUT2D eigenvalue weighted by atomic mass is 9.84. The first-order chi connectivity index (χ1) is 13.9. The number of nitrogens with zero attached hydrogens (tertiary/aromatic N) is 1. The Kier molecular flexibility index (Phi) is 5.76. The van der Waals surface area contributed by atoms with E-state index in [9.17, 15) is 18.0 Å². The normalized spacial score (nSPS) is 21.3. The van der Waals surface area contributed by atoms with Gasteiger partial charge in [-0.3, -0.25) is 4.79 Å². The number of alkyl halides is 3. The maximum Gasteiger partial charge on any atom is 0.416 e. The van der Waals surface area contributed by atoms with Crippen molar-refractivity contribution < 1.29 is 18.0 Å². The molecule has 0 spiro atoms. The molecule has 3 nitrogen and oxygen atoms in total. The molecule has 4 rings (SSSR count). The zero-order valence-corrected chi connectivity index (χ0v) is 16.7. The fourth-order valence-corrected chi connectivity index (χ4v) is 5.35. The van der Waals surface area contributed by atoms with Gasteiger partial charge in [0, 0.05) is 36.3 Å². The molecule has 29 heavy (non-hydrogen) atoms. The molecule has 1 N–H and O–H groups in total. The number of rotatable bonds is 4. The number of amides is 1. The van der Waals surface area contributed by atoms with E-state index in [-0.39, 0.29) is 17.9 Å². The number of nitrogens with one attached hydrogen (secondary N) is 1. The number of thioether (sulfide) groups is 1. The van der Waals surface area contributed by atoms with E-state index in [0.29, 0.717) is 18.5 Å². The zero-order valence-electron chi connectivity index (χ0n) is 15.9. The summed E-state index contributed by atoms with van der Waals surface area (Å²) in [6.45, 7) is 1.27. The van der Waals surface area contributed by atoms with E-state index in [0.717, 1.165) is 41.8 Å². The highest BCUT2D eigenvalue weighted by Gasteiger charge is 2.41. The van der Waals surface area contributed by atoms with Gasteiger partial charge in [0.25, 0.3) is 0 Å². The third kappa shape index (κ3) is 4.39. The molecular formula is C22H23F3N2OS. The van der Waals surface area contributed by atoms with Crippen molar-refractivity contribution in [3.63, 3.8) is 0 Å². The highest BCUT2D eigenvalue weighted by molar-refractivity contribution is 7.99. The summed E-state index contributed by atoms with van der Waals surface area (Å²) in [6, 6.07) is 13.9. The molecule has 2 heterocycles. The Morgan fingerprint density at radius 3 is 2.72 bits per heavy atom. The van der Waals surface area contributed by atoms with E-state index >= 15 is 0 Å². The van der Waals surface area contributed by atoms with Gasteiger partial charge in [-0.1, -0.05) is 30.3 Å². The number of halogens is 3. The smallest absolute Gasteiger partial charge is 0.366 e. The van der Waals surface area contributed by atoms with Crippen LogP contribution in [0.4, 0.5) is 18.9 Å². The summed E-state index contributed by atoms with van der Waals surface area (Å²) in [5.74, 6) is 1.33. The van der Waals surface area contributed by atoms with Crippen LogP contribution < -0.4 is 10.2 Å². The molecule has 2 atom stereocenters. The van der Waals surface area contributed by atoms with Crippen molar-refractivity contribution in [3.8, 4) is 0 Å². The Morgan fingerprint density at radius 1 is 1.17 bits per heavy atom. The minimum absolute atomic E-state index is 0.0229. The van der Waals surface area contributed by atoms with E-state index in [4.69, 9.17) is 0 Å². The quantitative estimate of drug-likeness (QED) is 0.806. The molecule has 2 aliphatic heterocycles. The van der Waals surface area contributed by atoms with Gasteiger partial charge in [-0.25, -0.2) is 0 Å². The molecule has 2 aromatic rings. The summed E-state index contributed by atoms with van der Waals surface area (Å²) >= 11 is 1.80. The van der Waals surface area contributed by atoms with Crippen molar-refractivity contribution in [1.82, 2.24) is 5.32 Å². The molecule has 2 aromatic carbocycles. The van der Waals surface area contributed by atoms with E-state index in [1.54, 1.807) is 17.8 Å².